The molecule has 0 spiro atoms. The third kappa shape index (κ3) is 17.2. The molecule has 0 aliphatic rings. The third-order valence-electron chi connectivity index (χ3n) is 8.61. The summed E-state index contributed by atoms with van der Waals surface area (Å²) in [4.78, 5) is 0. The Morgan fingerprint density at radius 1 is 0.280 bits per heavy atom. The molecule has 0 aromatic heterocycles. The minimum Gasteiger partial charge on any atom is -0.437 e. The van der Waals surface area contributed by atoms with Crippen LogP contribution in [0.15, 0.2) is 0 Å². The normalized spacial score (nSPS) is 17.2. The van der Waals surface area contributed by atoms with Crippen LogP contribution in [-0.2, 0) is 60.4 Å². The maximum atomic E-state index is 7.40. The largest absolute Gasteiger partial charge is 0.499 e. The lowest BCUT2D eigenvalue weighted by Crippen LogP contribution is -2.67. The molecule has 0 saturated carbocycles. The van der Waals surface area contributed by atoms with E-state index < -0.39 is 85.4 Å². The SMILES string of the molecule is CO[Si](C)(C[Si](C)(C)O[Si](C)(C)O[Si](C)(O[Si](C)(C)C[Si](C)(OC)OC)O[Si](C)(C[Si](C)(OC)OC)O[Si](C)(C)C[Si](OC)(OC)OC)OC. The molecule has 0 radical (unpaired) electrons. The smallest absolute Gasteiger partial charge is 0.437 e. The second kappa shape index (κ2) is 19.7. The molecule has 0 aromatic rings. The third-order valence-corrected chi connectivity index (χ3v) is 56.4. The Kier molecular flexibility index (Phi) is 20.3. The van der Waals surface area contributed by atoms with Gasteiger partial charge in [-0.15, -0.1) is 0 Å². The van der Waals surface area contributed by atoms with E-state index in [2.05, 4.69) is 72.0 Å². The topological polar surface area (TPSA) is 129 Å². The van der Waals surface area contributed by atoms with E-state index in [0.29, 0.717) is 17.0 Å². The molecule has 0 amide bonds. The Balaban J connectivity index is 7.24. The van der Waals surface area contributed by atoms with Gasteiger partial charge in [0.1, 0.15) is 0 Å². The minimum atomic E-state index is -3.60. The fourth-order valence-corrected chi connectivity index (χ4v) is 62.2. The van der Waals surface area contributed by atoms with Gasteiger partial charge in [0.2, 0.25) is 0 Å². The fourth-order valence-electron chi connectivity index (χ4n) is 6.68. The summed E-state index contributed by atoms with van der Waals surface area (Å²) in [6, 6.07) is 0. The van der Waals surface area contributed by atoms with Crippen LogP contribution < -0.4 is 0 Å². The van der Waals surface area contributed by atoms with Crippen LogP contribution in [0.4, 0.5) is 0 Å². The van der Waals surface area contributed by atoms with Gasteiger partial charge in [-0.2, -0.15) is 0 Å². The van der Waals surface area contributed by atoms with Crippen LogP contribution in [0.3, 0.4) is 0 Å². The zero-order chi connectivity index (χ0) is 39.7. The summed E-state index contributed by atoms with van der Waals surface area (Å²) in [7, 11) is -13.0. The van der Waals surface area contributed by atoms with Gasteiger partial charge in [0, 0.05) is 93.2 Å². The zero-order valence-corrected chi connectivity index (χ0v) is 45.5. The Hall–Kier alpha value is 1.61. The van der Waals surface area contributed by atoms with Gasteiger partial charge in [0.05, 0.1) is 0 Å². The molecular formula is C26H74O14Si10. The van der Waals surface area contributed by atoms with Gasteiger partial charge < -0.3 is 60.4 Å². The van der Waals surface area contributed by atoms with E-state index in [0.717, 1.165) is 5.67 Å². The van der Waals surface area contributed by atoms with Crippen LogP contribution in [0.25, 0.3) is 0 Å². The second-order valence-corrected chi connectivity index (χ2v) is 54.7. The molecular weight excluding hydrogens is 817 g/mol. The van der Waals surface area contributed by atoms with Crippen molar-refractivity contribution in [1.29, 1.82) is 0 Å². The second-order valence-electron chi connectivity index (χ2n) is 15.8. The summed E-state index contributed by atoms with van der Waals surface area (Å²) < 4.78 is 89.3. The Morgan fingerprint density at radius 2 is 0.600 bits per heavy atom. The van der Waals surface area contributed by atoms with Gasteiger partial charge in [-0.05, 0) is 78.6 Å². The van der Waals surface area contributed by atoms with Gasteiger partial charge >= 0.3 is 60.4 Å². The van der Waals surface area contributed by atoms with Gasteiger partial charge in [0.25, 0.3) is 0 Å². The quantitative estimate of drug-likeness (QED) is 0.0874. The predicted molar refractivity (Wildman–Crippen MR) is 222 cm³/mol. The average molecular weight is 892 g/mol. The summed E-state index contributed by atoms with van der Waals surface area (Å²) in [6.07, 6.45) is 0. The van der Waals surface area contributed by atoms with E-state index >= 15 is 0 Å². The van der Waals surface area contributed by atoms with Crippen molar-refractivity contribution >= 4 is 85.4 Å². The molecule has 50 heavy (non-hydrogen) atoms. The van der Waals surface area contributed by atoms with Crippen LogP contribution in [0.2, 0.25) is 108 Å². The van der Waals surface area contributed by atoms with E-state index in [1.54, 1.807) is 64.0 Å². The summed E-state index contributed by atoms with van der Waals surface area (Å²) in [6.45, 7) is 27.3. The minimum absolute atomic E-state index is 0.472. The average Bonchev–Trinajstić information content (AvgIpc) is 2.96. The van der Waals surface area contributed by atoms with Crippen molar-refractivity contribution in [2.45, 2.75) is 108 Å². The van der Waals surface area contributed by atoms with E-state index in [1.807, 2.05) is 13.1 Å². The lowest BCUT2D eigenvalue weighted by atomic mass is 11.8. The summed E-state index contributed by atoms with van der Waals surface area (Å²) in [5, 5.41) is 0. The van der Waals surface area contributed by atoms with Crippen molar-refractivity contribution in [1.82, 2.24) is 0 Å². The lowest BCUT2D eigenvalue weighted by Gasteiger charge is -2.48. The van der Waals surface area contributed by atoms with Crippen LogP contribution >= 0.6 is 0 Å². The molecule has 0 aromatic carbocycles. The Labute approximate surface area is 316 Å². The summed E-state index contributed by atoms with van der Waals surface area (Å²) in [5.74, 6) is 0. The van der Waals surface area contributed by atoms with Crippen molar-refractivity contribution in [3.63, 3.8) is 0 Å². The van der Waals surface area contributed by atoms with Crippen LogP contribution in [0.1, 0.15) is 0 Å². The van der Waals surface area contributed by atoms with Crippen molar-refractivity contribution in [2.75, 3.05) is 64.0 Å². The first-order chi connectivity index (χ1) is 22.4. The molecule has 0 aliphatic heterocycles. The highest BCUT2D eigenvalue weighted by Gasteiger charge is 2.59. The Morgan fingerprint density at radius 3 is 0.940 bits per heavy atom. The van der Waals surface area contributed by atoms with Crippen LogP contribution in [-0.4, -0.2) is 149 Å². The maximum absolute atomic E-state index is 7.40. The van der Waals surface area contributed by atoms with Crippen molar-refractivity contribution in [3.05, 3.63) is 0 Å². The molecule has 0 rings (SSSR count). The zero-order valence-electron chi connectivity index (χ0n) is 35.5. The highest BCUT2D eigenvalue weighted by atomic mass is 28.5. The fraction of sp³-hybridized carbons (Fsp3) is 1.00. The molecule has 0 fully saturated rings. The van der Waals surface area contributed by atoms with Crippen molar-refractivity contribution < 1.29 is 60.4 Å². The van der Waals surface area contributed by atoms with E-state index in [-0.39, 0.29) is 0 Å². The molecule has 2 unspecified atom stereocenters. The van der Waals surface area contributed by atoms with E-state index in [1.165, 1.54) is 0 Å². The van der Waals surface area contributed by atoms with E-state index in [9.17, 15) is 0 Å². The highest BCUT2D eigenvalue weighted by molar-refractivity contribution is 6.99. The first-order valence-corrected chi connectivity index (χ1v) is 43.3. The van der Waals surface area contributed by atoms with Gasteiger partial charge in [0.15, 0.2) is 25.0 Å². The van der Waals surface area contributed by atoms with Crippen LogP contribution in [0.5, 0.6) is 0 Å². The molecule has 302 valence electrons. The molecule has 24 heteroatoms. The standard InChI is InChI=1S/C26H74O14Si10/c1-27-45(18,28-2)23-41(10,11)36-44(16,17)39-49(22,38-42(12,13)24-46(19,29-3)30-4)40-48(21,26-47(20,31-5)32-6)37-43(14,15)25-50(33-7,34-8)35-9/h23-26H2,1-22H3. The maximum Gasteiger partial charge on any atom is 0.499 e. The molecule has 0 aliphatic carbocycles. The van der Waals surface area contributed by atoms with Gasteiger partial charge in [-0.3, -0.25) is 0 Å². The summed E-state index contributed by atoms with van der Waals surface area (Å²) >= 11 is 0. The molecule has 0 heterocycles. The monoisotopic (exact) mass is 890 g/mol. The molecule has 2 atom stereocenters. The number of hydrogen-bond donors (Lipinski definition) is 0. The summed E-state index contributed by atoms with van der Waals surface area (Å²) in [5.41, 5.74) is 2.40. The first kappa shape index (κ1) is 51.6. The van der Waals surface area contributed by atoms with E-state index in [4.69, 9.17) is 60.4 Å². The van der Waals surface area contributed by atoms with Crippen molar-refractivity contribution in [3.8, 4) is 0 Å². The number of rotatable bonds is 27. The predicted octanol–water partition coefficient (Wildman–Crippen LogP) is 6.16. The molecule has 0 bridgehead atoms. The lowest BCUT2D eigenvalue weighted by molar-refractivity contribution is 0.127. The number of hydrogen-bond acceptors (Lipinski definition) is 14. The van der Waals surface area contributed by atoms with Crippen molar-refractivity contribution in [2.24, 2.45) is 0 Å². The molecule has 0 saturated heterocycles. The van der Waals surface area contributed by atoms with Gasteiger partial charge in [-0.25, -0.2) is 0 Å². The Bertz CT molecular complexity index is 1010. The highest BCUT2D eigenvalue weighted by Crippen LogP contribution is 2.37. The molecule has 14 nitrogen and oxygen atoms in total. The van der Waals surface area contributed by atoms with Crippen LogP contribution in [0, 0.1) is 0 Å². The first-order valence-electron chi connectivity index (χ1n) is 16.9. The molecule has 0 N–H and O–H groups in total. The van der Waals surface area contributed by atoms with Gasteiger partial charge in [-0.1, -0.05) is 0 Å².